The lowest BCUT2D eigenvalue weighted by Crippen LogP contribution is -2.55. The first-order valence-electron chi connectivity index (χ1n) is 14.7. The second-order valence-electron chi connectivity index (χ2n) is 11.7. The number of likely N-dealkylation sites (tertiary alicyclic amines) is 1. The predicted octanol–water partition coefficient (Wildman–Crippen LogP) is 4.86. The molecule has 222 valence electrons. The summed E-state index contributed by atoms with van der Waals surface area (Å²) in [6.07, 6.45) is 2.16. The fourth-order valence-electron chi connectivity index (χ4n) is 7.29. The lowest BCUT2D eigenvalue weighted by atomic mass is 9.68. The van der Waals surface area contributed by atoms with Crippen LogP contribution >= 0.6 is 11.6 Å². The third-order valence-corrected chi connectivity index (χ3v) is 10.1. The topological polar surface area (TPSA) is 85.6 Å². The van der Waals surface area contributed by atoms with E-state index in [0.29, 0.717) is 55.4 Å². The molecule has 0 bridgehead atoms. The molecule has 2 aliphatic heterocycles. The Hall–Kier alpha value is -3.29. The highest BCUT2D eigenvalue weighted by Gasteiger charge is 2.51. The Morgan fingerprint density at radius 2 is 2.00 bits per heavy atom. The number of piperazine rings is 1. The molecule has 2 saturated heterocycles. The van der Waals surface area contributed by atoms with E-state index < -0.39 is 29.4 Å². The first kappa shape index (κ1) is 28.8. The molecule has 2 fully saturated rings. The van der Waals surface area contributed by atoms with Crippen molar-refractivity contribution < 1.29 is 18.3 Å². The summed E-state index contributed by atoms with van der Waals surface area (Å²) >= 11 is 6.52. The number of ether oxygens (including phenoxy) is 1. The number of anilines is 1. The number of hydrogen-bond donors (Lipinski definition) is 0. The summed E-state index contributed by atoms with van der Waals surface area (Å²) in [5.74, 6) is -1.30. The Kier molecular flexibility index (Phi) is 7.83. The number of amides is 1. The van der Waals surface area contributed by atoms with Crippen molar-refractivity contribution in [1.29, 1.82) is 5.26 Å². The summed E-state index contributed by atoms with van der Waals surface area (Å²) in [6, 6.07) is 7.67. The van der Waals surface area contributed by atoms with Crippen molar-refractivity contribution in [2.45, 2.75) is 69.1 Å². The minimum Gasteiger partial charge on any atom is -0.462 e. The fourth-order valence-corrected chi connectivity index (χ4v) is 7.56. The van der Waals surface area contributed by atoms with E-state index in [4.69, 9.17) is 26.3 Å². The van der Waals surface area contributed by atoms with Crippen LogP contribution in [0.4, 0.5) is 14.6 Å². The zero-order valence-corrected chi connectivity index (χ0v) is 24.5. The third-order valence-electron chi connectivity index (χ3n) is 9.70. The van der Waals surface area contributed by atoms with Crippen molar-refractivity contribution >= 4 is 23.3 Å². The molecule has 6 rings (SSSR count). The molecule has 0 saturated carbocycles. The Balaban J connectivity index is 1.36. The monoisotopic (exact) mass is 596 g/mol. The van der Waals surface area contributed by atoms with Gasteiger partial charge in [0.25, 0.3) is 5.91 Å². The van der Waals surface area contributed by atoms with Crippen molar-refractivity contribution in [3.63, 3.8) is 0 Å². The number of hydrogen-bond acceptors (Lipinski definition) is 7. The number of fused-ring (bicyclic) bond motifs is 3. The minimum atomic E-state index is -1.38. The SMILES string of the molecule is C=C(F)C(=O)N1CCN(c2nc(OC[C@H]3CCN3CC)nc3c2CC[C@@]2(CCc4c(Cl)cccc42)[C@H]3F)C[C@@H]1CC#N. The van der Waals surface area contributed by atoms with Crippen molar-refractivity contribution in [2.24, 2.45) is 0 Å². The molecule has 0 radical (unpaired) electrons. The number of benzene rings is 1. The van der Waals surface area contributed by atoms with Gasteiger partial charge < -0.3 is 14.5 Å². The van der Waals surface area contributed by atoms with Crippen molar-refractivity contribution in [3.05, 3.63) is 58.0 Å². The summed E-state index contributed by atoms with van der Waals surface area (Å²) in [4.78, 5) is 27.6. The molecule has 0 N–H and O–H groups in total. The van der Waals surface area contributed by atoms with Crippen LogP contribution in [-0.2, 0) is 23.1 Å². The van der Waals surface area contributed by atoms with Crippen molar-refractivity contribution in [3.8, 4) is 12.1 Å². The van der Waals surface area contributed by atoms with E-state index in [1.165, 1.54) is 4.90 Å². The van der Waals surface area contributed by atoms with Gasteiger partial charge in [0.05, 0.1) is 24.2 Å². The smallest absolute Gasteiger partial charge is 0.318 e. The maximum absolute atomic E-state index is 17.0. The first-order chi connectivity index (χ1) is 20.3. The van der Waals surface area contributed by atoms with Gasteiger partial charge in [0.2, 0.25) is 0 Å². The van der Waals surface area contributed by atoms with E-state index in [1.807, 2.05) is 23.1 Å². The molecule has 1 amide bonds. The molecule has 2 aliphatic carbocycles. The van der Waals surface area contributed by atoms with Crippen LogP contribution in [0.2, 0.25) is 5.02 Å². The Morgan fingerprint density at radius 1 is 1.21 bits per heavy atom. The second kappa shape index (κ2) is 11.4. The van der Waals surface area contributed by atoms with E-state index in [9.17, 15) is 14.4 Å². The van der Waals surface area contributed by atoms with E-state index >= 15 is 4.39 Å². The molecule has 1 aromatic heterocycles. The van der Waals surface area contributed by atoms with Gasteiger partial charge in [-0.15, -0.1) is 0 Å². The summed E-state index contributed by atoms with van der Waals surface area (Å²) in [5.41, 5.74) is 2.30. The van der Waals surface area contributed by atoms with Crippen molar-refractivity contribution in [1.82, 2.24) is 19.8 Å². The van der Waals surface area contributed by atoms with E-state index in [2.05, 4.69) is 24.5 Å². The van der Waals surface area contributed by atoms with Gasteiger partial charge in [0.1, 0.15) is 12.4 Å². The molecular weight excluding hydrogens is 562 g/mol. The molecular formula is C31H35ClF2N6O2. The van der Waals surface area contributed by atoms with Gasteiger partial charge >= 0.3 is 6.01 Å². The normalized spacial score (nSPS) is 26.8. The Labute approximate surface area is 249 Å². The van der Waals surface area contributed by atoms with E-state index in [-0.39, 0.29) is 31.6 Å². The molecule has 2 aromatic rings. The van der Waals surface area contributed by atoms with E-state index in [1.54, 1.807) is 0 Å². The van der Waals surface area contributed by atoms with Crippen LogP contribution in [0.25, 0.3) is 0 Å². The summed E-state index contributed by atoms with van der Waals surface area (Å²) < 4.78 is 36.9. The number of aromatic nitrogens is 2. The standard InChI is InChI=1S/C31H35ClF2N6O2/c1-3-38-14-10-21(38)18-42-30-36-26-23(8-12-31(27(26)34)11-7-22-24(31)5-4-6-25(22)32)28(37-30)39-15-16-40(29(41)19(2)33)20(17-39)9-13-35/h4-6,20-21,27H,2-3,7-12,14-18H2,1H3/t20-,21+,27-,31+/m0/s1. The highest BCUT2D eigenvalue weighted by atomic mass is 35.5. The zero-order chi connectivity index (χ0) is 29.6. The fraction of sp³-hybridized carbons (Fsp3) is 0.548. The molecule has 4 atom stereocenters. The van der Waals surface area contributed by atoms with Gasteiger partial charge in [-0.3, -0.25) is 9.69 Å². The third kappa shape index (κ3) is 4.80. The molecule has 11 heteroatoms. The average Bonchev–Trinajstić information content (AvgIpc) is 3.35. The first-order valence-corrected chi connectivity index (χ1v) is 15.1. The van der Waals surface area contributed by atoms with Crippen LogP contribution in [0.15, 0.2) is 30.6 Å². The molecule has 1 aromatic carbocycles. The molecule has 1 spiro atoms. The van der Waals surface area contributed by atoms with Gasteiger partial charge in [-0.25, -0.2) is 8.78 Å². The van der Waals surface area contributed by atoms with Gasteiger partial charge in [-0.05, 0) is 55.8 Å². The Bertz CT molecular complexity index is 1450. The summed E-state index contributed by atoms with van der Waals surface area (Å²) in [7, 11) is 0. The lowest BCUT2D eigenvalue weighted by molar-refractivity contribution is -0.131. The number of halogens is 3. The number of nitriles is 1. The molecule has 3 heterocycles. The number of rotatable bonds is 7. The van der Waals surface area contributed by atoms with Crippen LogP contribution in [0.1, 0.15) is 61.2 Å². The quantitative estimate of drug-likeness (QED) is 0.422. The maximum atomic E-state index is 17.0. The average molecular weight is 597 g/mol. The number of alkyl halides is 1. The van der Waals surface area contributed by atoms with Crippen LogP contribution in [0.3, 0.4) is 0 Å². The largest absolute Gasteiger partial charge is 0.462 e. The van der Waals surface area contributed by atoms with Gasteiger partial charge in [-0.1, -0.05) is 37.2 Å². The highest BCUT2D eigenvalue weighted by Crippen LogP contribution is 2.56. The van der Waals surface area contributed by atoms with Crippen LogP contribution < -0.4 is 9.64 Å². The van der Waals surface area contributed by atoms with E-state index in [0.717, 1.165) is 36.2 Å². The highest BCUT2D eigenvalue weighted by molar-refractivity contribution is 6.31. The van der Waals surface area contributed by atoms with Gasteiger partial charge in [-0.2, -0.15) is 15.2 Å². The molecule has 4 aliphatic rings. The second-order valence-corrected chi connectivity index (χ2v) is 12.1. The molecule has 8 nitrogen and oxygen atoms in total. The van der Waals surface area contributed by atoms with Crippen LogP contribution in [-0.4, -0.2) is 77.1 Å². The molecule has 42 heavy (non-hydrogen) atoms. The van der Waals surface area contributed by atoms with Crippen LogP contribution in [0.5, 0.6) is 6.01 Å². The number of carbonyl (C=O) groups excluding carboxylic acids is 1. The number of nitrogens with zero attached hydrogens (tertiary/aromatic N) is 6. The van der Waals surface area contributed by atoms with Gasteiger partial charge in [0.15, 0.2) is 12.0 Å². The number of likely N-dealkylation sites (N-methyl/N-ethyl adjacent to an activating group) is 1. The number of carbonyl (C=O) groups is 1. The summed E-state index contributed by atoms with van der Waals surface area (Å²) in [5, 5.41) is 10.1. The zero-order valence-electron chi connectivity index (χ0n) is 23.8. The Morgan fingerprint density at radius 3 is 2.69 bits per heavy atom. The van der Waals surface area contributed by atoms with Crippen LogP contribution in [0, 0.1) is 11.3 Å². The predicted molar refractivity (Wildman–Crippen MR) is 155 cm³/mol. The van der Waals surface area contributed by atoms with Crippen molar-refractivity contribution in [2.75, 3.05) is 44.2 Å². The lowest BCUT2D eigenvalue weighted by Gasteiger charge is -2.43. The van der Waals surface area contributed by atoms with Gasteiger partial charge in [0, 0.05) is 48.2 Å². The molecule has 0 unspecified atom stereocenters. The minimum absolute atomic E-state index is 0.0209. The summed E-state index contributed by atoms with van der Waals surface area (Å²) in [6.45, 7) is 8.39. The maximum Gasteiger partial charge on any atom is 0.318 e.